The highest BCUT2D eigenvalue weighted by molar-refractivity contribution is 5.67. The van der Waals surface area contributed by atoms with E-state index >= 15 is 0 Å². The molecular formula is C18H21N3O4. The molecule has 25 heavy (non-hydrogen) atoms. The van der Waals surface area contributed by atoms with Gasteiger partial charge in [-0.3, -0.25) is 0 Å². The van der Waals surface area contributed by atoms with Crippen molar-refractivity contribution in [2.75, 3.05) is 20.2 Å². The fourth-order valence-corrected chi connectivity index (χ4v) is 2.70. The number of carbonyl (C=O) groups excluding carboxylic acids is 1. The molecule has 132 valence electrons. The second kappa shape index (κ2) is 8.32. The molecule has 0 saturated carbocycles. The number of hydrogen-bond acceptors (Lipinski definition) is 6. The summed E-state index contributed by atoms with van der Waals surface area (Å²) in [5.74, 6) is 0.681. The second-order valence-electron chi connectivity index (χ2n) is 5.74. The number of hydrogen-bond donors (Lipinski definition) is 0. The van der Waals surface area contributed by atoms with Crippen molar-refractivity contribution in [3.8, 4) is 11.8 Å². The van der Waals surface area contributed by atoms with Crippen molar-refractivity contribution >= 4 is 6.09 Å². The number of aromatic nitrogens is 2. The van der Waals surface area contributed by atoms with Crippen LogP contribution in [0.4, 0.5) is 4.79 Å². The number of nitrogens with zero attached hydrogens (tertiary/aromatic N) is 3. The van der Waals surface area contributed by atoms with Gasteiger partial charge in [-0.05, 0) is 18.4 Å². The van der Waals surface area contributed by atoms with Crippen LogP contribution in [0.2, 0.25) is 0 Å². The van der Waals surface area contributed by atoms with E-state index < -0.39 is 0 Å². The maximum Gasteiger partial charge on any atom is 0.410 e. The fraction of sp³-hybridized carbons (Fsp3) is 0.389. The standard InChI is InChI=1S/C18H21N3O4/c1-23-16-17(20-10-9-19-16)25-15-8-5-11-21(12-15)18(22)24-13-14-6-3-2-4-7-14/h2-4,6-7,9-10,15H,5,8,11-13H2,1H3. The molecule has 1 atom stereocenters. The second-order valence-corrected chi connectivity index (χ2v) is 5.74. The van der Waals surface area contributed by atoms with Gasteiger partial charge in [-0.25, -0.2) is 14.8 Å². The largest absolute Gasteiger partial charge is 0.477 e. The van der Waals surface area contributed by atoms with E-state index in [1.165, 1.54) is 7.11 Å². The molecule has 0 bridgehead atoms. The minimum atomic E-state index is -0.330. The van der Waals surface area contributed by atoms with Crippen LogP contribution in [0.1, 0.15) is 18.4 Å². The van der Waals surface area contributed by atoms with Gasteiger partial charge >= 0.3 is 6.09 Å². The maximum atomic E-state index is 12.3. The summed E-state index contributed by atoms with van der Waals surface area (Å²) in [4.78, 5) is 22.2. The van der Waals surface area contributed by atoms with Gasteiger partial charge in [-0.1, -0.05) is 30.3 Å². The normalized spacial score (nSPS) is 17.0. The summed E-state index contributed by atoms with van der Waals surface area (Å²) in [7, 11) is 1.52. The quantitative estimate of drug-likeness (QED) is 0.831. The number of amides is 1. The molecule has 1 amide bonds. The number of likely N-dealkylation sites (tertiary alicyclic amines) is 1. The molecule has 0 N–H and O–H groups in total. The van der Waals surface area contributed by atoms with Crippen LogP contribution in [0, 0.1) is 0 Å². The van der Waals surface area contributed by atoms with Crippen molar-refractivity contribution in [1.82, 2.24) is 14.9 Å². The fourth-order valence-electron chi connectivity index (χ4n) is 2.70. The zero-order chi connectivity index (χ0) is 17.5. The number of carbonyl (C=O) groups is 1. The van der Waals surface area contributed by atoms with Gasteiger partial charge in [-0.15, -0.1) is 0 Å². The third-order valence-electron chi connectivity index (χ3n) is 3.95. The van der Waals surface area contributed by atoms with Crippen molar-refractivity contribution in [3.63, 3.8) is 0 Å². The third kappa shape index (κ3) is 4.59. The first-order valence-corrected chi connectivity index (χ1v) is 8.23. The lowest BCUT2D eigenvalue weighted by molar-refractivity contribution is 0.0524. The Labute approximate surface area is 146 Å². The lowest BCUT2D eigenvalue weighted by Gasteiger charge is -2.31. The van der Waals surface area contributed by atoms with Gasteiger partial charge in [-0.2, -0.15) is 0 Å². The van der Waals surface area contributed by atoms with Crippen molar-refractivity contribution in [2.45, 2.75) is 25.6 Å². The van der Waals surface area contributed by atoms with E-state index in [9.17, 15) is 4.79 Å². The van der Waals surface area contributed by atoms with Gasteiger partial charge in [0.2, 0.25) is 0 Å². The van der Waals surface area contributed by atoms with Crippen LogP contribution in [0.15, 0.2) is 42.7 Å². The smallest absolute Gasteiger partial charge is 0.410 e. The lowest BCUT2D eigenvalue weighted by Crippen LogP contribution is -2.44. The van der Waals surface area contributed by atoms with Crippen molar-refractivity contribution in [3.05, 3.63) is 48.3 Å². The summed E-state index contributed by atoms with van der Waals surface area (Å²) < 4.78 is 16.4. The first-order chi connectivity index (χ1) is 12.3. The van der Waals surface area contributed by atoms with E-state index in [0.717, 1.165) is 18.4 Å². The third-order valence-corrected chi connectivity index (χ3v) is 3.95. The van der Waals surface area contributed by atoms with E-state index in [-0.39, 0.29) is 18.8 Å². The molecule has 1 aliphatic rings. The summed E-state index contributed by atoms with van der Waals surface area (Å²) in [5, 5.41) is 0. The Balaban J connectivity index is 1.54. The van der Waals surface area contributed by atoms with Crippen molar-refractivity contribution < 1.29 is 19.0 Å². The van der Waals surface area contributed by atoms with Gasteiger partial charge in [0, 0.05) is 18.9 Å². The molecular weight excluding hydrogens is 322 g/mol. The van der Waals surface area contributed by atoms with E-state index in [1.54, 1.807) is 17.3 Å². The molecule has 0 spiro atoms. The van der Waals surface area contributed by atoms with Gasteiger partial charge < -0.3 is 19.1 Å². The molecule has 1 aromatic heterocycles. The monoisotopic (exact) mass is 343 g/mol. The zero-order valence-corrected chi connectivity index (χ0v) is 14.1. The molecule has 2 heterocycles. The van der Waals surface area contributed by atoms with Crippen LogP contribution in [0.3, 0.4) is 0 Å². The molecule has 0 radical (unpaired) electrons. The summed E-state index contributed by atoms with van der Waals surface area (Å²) in [6.07, 6.45) is 4.27. The molecule has 1 unspecified atom stereocenters. The first kappa shape index (κ1) is 17.0. The number of benzene rings is 1. The molecule has 1 fully saturated rings. The van der Waals surface area contributed by atoms with Crippen LogP contribution >= 0.6 is 0 Å². The topological polar surface area (TPSA) is 73.8 Å². The Morgan fingerprint density at radius 2 is 1.96 bits per heavy atom. The average Bonchev–Trinajstić information content (AvgIpc) is 2.67. The molecule has 1 saturated heterocycles. The predicted molar refractivity (Wildman–Crippen MR) is 90.4 cm³/mol. The summed E-state index contributed by atoms with van der Waals surface area (Å²) >= 11 is 0. The van der Waals surface area contributed by atoms with E-state index in [4.69, 9.17) is 14.2 Å². The molecule has 7 nitrogen and oxygen atoms in total. The minimum absolute atomic E-state index is 0.163. The molecule has 2 aromatic rings. The summed E-state index contributed by atoms with van der Waals surface area (Å²) in [6.45, 7) is 1.37. The molecule has 1 aromatic carbocycles. The van der Waals surface area contributed by atoms with Crippen LogP contribution in [0.25, 0.3) is 0 Å². The van der Waals surface area contributed by atoms with E-state index in [0.29, 0.717) is 24.8 Å². The highest BCUT2D eigenvalue weighted by atomic mass is 16.6. The first-order valence-electron chi connectivity index (χ1n) is 8.23. The Hall–Kier alpha value is -2.83. The molecule has 1 aliphatic heterocycles. The Morgan fingerprint density at radius 1 is 1.20 bits per heavy atom. The highest BCUT2D eigenvalue weighted by Gasteiger charge is 2.27. The van der Waals surface area contributed by atoms with Crippen molar-refractivity contribution in [1.29, 1.82) is 0 Å². The van der Waals surface area contributed by atoms with Gasteiger partial charge in [0.05, 0.1) is 13.7 Å². The lowest BCUT2D eigenvalue weighted by atomic mass is 10.1. The van der Waals surface area contributed by atoms with Crippen LogP contribution in [0.5, 0.6) is 11.8 Å². The Morgan fingerprint density at radius 3 is 2.72 bits per heavy atom. The molecule has 3 rings (SSSR count). The molecule has 0 aliphatic carbocycles. The summed E-state index contributed by atoms with van der Waals surface area (Å²) in [5.41, 5.74) is 0.963. The number of ether oxygens (including phenoxy) is 3. The van der Waals surface area contributed by atoms with Crippen LogP contribution in [-0.2, 0) is 11.3 Å². The average molecular weight is 343 g/mol. The number of piperidine rings is 1. The van der Waals surface area contributed by atoms with Gasteiger partial charge in [0.25, 0.3) is 11.8 Å². The summed E-state index contributed by atoms with van der Waals surface area (Å²) in [6, 6.07) is 9.62. The van der Waals surface area contributed by atoms with E-state index in [1.807, 2.05) is 30.3 Å². The maximum absolute atomic E-state index is 12.3. The Bertz CT molecular complexity index is 696. The molecule has 7 heteroatoms. The Kier molecular flexibility index (Phi) is 5.66. The SMILES string of the molecule is COc1nccnc1OC1CCCN(C(=O)OCc2ccccc2)C1. The predicted octanol–water partition coefficient (Wildman–Crippen LogP) is 2.67. The number of rotatable bonds is 5. The van der Waals surface area contributed by atoms with Crippen LogP contribution < -0.4 is 9.47 Å². The van der Waals surface area contributed by atoms with Gasteiger partial charge in [0.1, 0.15) is 12.7 Å². The highest BCUT2D eigenvalue weighted by Crippen LogP contribution is 2.24. The minimum Gasteiger partial charge on any atom is -0.477 e. The zero-order valence-electron chi connectivity index (χ0n) is 14.1. The van der Waals surface area contributed by atoms with E-state index in [2.05, 4.69) is 9.97 Å². The van der Waals surface area contributed by atoms with Gasteiger partial charge in [0.15, 0.2) is 0 Å². The van der Waals surface area contributed by atoms with Crippen molar-refractivity contribution in [2.24, 2.45) is 0 Å². The van der Waals surface area contributed by atoms with Crippen LogP contribution in [-0.4, -0.2) is 47.3 Å². The number of methoxy groups -OCH3 is 1.